The van der Waals surface area contributed by atoms with Crippen LogP contribution in [-0.4, -0.2) is 11.7 Å². The van der Waals surface area contributed by atoms with Gasteiger partial charge in [-0.1, -0.05) is 6.07 Å². The fraction of sp³-hybridized carbons (Fsp3) is 0.286. The van der Waals surface area contributed by atoms with Crippen molar-refractivity contribution in [2.75, 3.05) is 6.61 Å². The third kappa shape index (κ3) is 2.09. The van der Waals surface area contributed by atoms with Crippen molar-refractivity contribution in [3.63, 3.8) is 0 Å². The van der Waals surface area contributed by atoms with E-state index in [9.17, 15) is 5.11 Å². The van der Waals surface area contributed by atoms with Gasteiger partial charge in [0.05, 0.1) is 6.04 Å². The zero-order valence-corrected chi connectivity index (χ0v) is 10.9. The minimum absolute atomic E-state index is 0.192. The molecule has 2 N–H and O–H groups in total. The summed E-state index contributed by atoms with van der Waals surface area (Å²) in [5.41, 5.74) is 1.12. The minimum atomic E-state index is 0.192. The van der Waals surface area contributed by atoms with Crippen LogP contribution in [0.5, 0.6) is 11.5 Å². The van der Waals surface area contributed by atoms with Gasteiger partial charge in [-0.25, -0.2) is 0 Å². The van der Waals surface area contributed by atoms with E-state index >= 15 is 0 Å². The Labute approximate surface area is 110 Å². The molecule has 0 amide bonds. The third-order valence-corrected chi connectivity index (χ3v) is 4.25. The lowest BCUT2D eigenvalue weighted by molar-refractivity contribution is 0.301. The van der Waals surface area contributed by atoms with Gasteiger partial charge in [-0.2, -0.15) is 0 Å². The highest BCUT2D eigenvalue weighted by Crippen LogP contribution is 2.36. The Morgan fingerprint density at radius 3 is 3.11 bits per heavy atom. The number of ether oxygens (including phenoxy) is 1. The molecule has 0 saturated carbocycles. The maximum absolute atomic E-state index is 9.42. The normalized spacial score (nSPS) is 19.3. The molecule has 1 aromatic carbocycles. The standard InChI is InChI=1S/C14H15NO2S/c1-9(14-3-2-6-18-14)15-12-8-17-13-7-10(16)4-5-11(12)13/h2-7,9,12,15-16H,8H2,1H3/t9-,12?/m1/s1. The molecule has 0 saturated heterocycles. The number of thiophene rings is 1. The summed E-state index contributed by atoms with van der Waals surface area (Å²) in [6.45, 7) is 2.78. The predicted molar refractivity (Wildman–Crippen MR) is 72.2 cm³/mol. The van der Waals surface area contributed by atoms with Gasteiger partial charge >= 0.3 is 0 Å². The molecule has 0 radical (unpaired) electrons. The molecular formula is C14H15NO2S. The number of benzene rings is 1. The molecule has 94 valence electrons. The zero-order valence-electron chi connectivity index (χ0n) is 10.1. The lowest BCUT2D eigenvalue weighted by Gasteiger charge is -2.17. The molecule has 0 aliphatic carbocycles. The number of rotatable bonds is 3. The first-order valence-electron chi connectivity index (χ1n) is 5.99. The van der Waals surface area contributed by atoms with E-state index in [1.165, 1.54) is 4.88 Å². The van der Waals surface area contributed by atoms with E-state index in [1.807, 2.05) is 6.07 Å². The highest BCUT2D eigenvalue weighted by molar-refractivity contribution is 7.10. The second-order valence-corrected chi connectivity index (χ2v) is 5.47. The number of phenolic OH excluding ortho intramolecular Hbond substituents is 1. The highest BCUT2D eigenvalue weighted by Gasteiger charge is 2.25. The average Bonchev–Trinajstić information content (AvgIpc) is 2.98. The van der Waals surface area contributed by atoms with Gasteiger partial charge < -0.3 is 9.84 Å². The van der Waals surface area contributed by atoms with E-state index in [-0.39, 0.29) is 11.8 Å². The van der Waals surface area contributed by atoms with Crippen molar-refractivity contribution in [3.8, 4) is 11.5 Å². The summed E-state index contributed by atoms with van der Waals surface area (Å²) in [4.78, 5) is 1.32. The Hall–Kier alpha value is -1.52. The Kier molecular flexibility index (Phi) is 2.97. The van der Waals surface area contributed by atoms with Crippen molar-refractivity contribution in [1.29, 1.82) is 0 Å². The fourth-order valence-electron chi connectivity index (χ4n) is 2.26. The van der Waals surface area contributed by atoms with Crippen LogP contribution in [0.15, 0.2) is 35.7 Å². The van der Waals surface area contributed by atoms with Crippen LogP contribution in [0.3, 0.4) is 0 Å². The van der Waals surface area contributed by atoms with Crippen molar-refractivity contribution >= 4 is 11.3 Å². The molecule has 1 unspecified atom stereocenters. The van der Waals surface area contributed by atoms with Gasteiger partial charge in [0.1, 0.15) is 18.1 Å². The molecule has 2 aromatic rings. The number of nitrogens with one attached hydrogen (secondary N) is 1. The van der Waals surface area contributed by atoms with Crippen LogP contribution in [-0.2, 0) is 0 Å². The molecule has 4 heteroatoms. The summed E-state index contributed by atoms with van der Waals surface area (Å²) < 4.78 is 5.59. The monoisotopic (exact) mass is 261 g/mol. The molecule has 2 atom stereocenters. The largest absolute Gasteiger partial charge is 0.508 e. The quantitative estimate of drug-likeness (QED) is 0.891. The molecule has 3 nitrogen and oxygen atoms in total. The van der Waals surface area contributed by atoms with Crippen LogP contribution < -0.4 is 10.1 Å². The lowest BCUT2D eigenvalue weighted by atomic mass is 10.1. The van der Waals surface area contributed by atoms with Gasteiger partial charge in [0.2, 0.25) is 0 Å². The van der Waals surface area contributed by atoms with Crippen molar-refractivity contribution < 1.29 is 9.84 Å². The van der Waals surface area contributed by atoms with E-state index in [1.54, 1.807) is 23.5 Å². The molecule has 18 heavy (non-hydrogen) atoms. The average molecular weight is 261 g/mol. The maximum Gasteiger partial charge on any atom is 0.127 e. The number of hydrogen-bond acceptors (Lipinski definition) is 4. The van der Waals surface area contributed by atoms with Crippen LogP contribution in [0.2, 0.25) is 0 Å². The maximum atomic E-state index is 9.42. The van der Waals surface area contributed by atoms with E-state index in [0.29, 0.717) is 12.6 Å². The first-order chi connectivity index (χ1) is 8.74. The molecule has 1 aliphatic rings. The zero-order chi connectivity index (χ0) is 12.5. The number of aromatic hydroxyl groups is 1. The SMILES string of the molecule is C[C@@H](NC1COc2cc(O)ccc21)c1cccs1. The molecule has 0 bridgehead atoms. The first-order valence-corrected chi connectivity index (χ1v) is 6.87. The van der Waals surface area contributed by atoms with Crippen molar-refractivity contribution in [2.24, 2.45) is 0 Å². The van der Waals surface area contributed by atoms with Crippen molar-refractivity contribution in [2.45, 2.75) is 19.0 Å². The first kappa shape index (κ1) is 11.6. The molecule has 1 aromatic heterocycles. The van der Waals surface area contributed by atoms with Gasteiger partial charge in [-0.15, -0.1) is 11.3 Å². The summed E-state index contributed by atoms with van der Waals surface area (Å²) in [5.74, 6) is 1.03. The van der Waals surface area contributed by atoms with Gasteiger partial charge in [-0.3, -0.25) is 5.32 Å². The molecule has 1 aliphatic heterocycles. The van der Waals surface area contributed by atoms with Gasteiger partial charge in [-0.05, 0) is 30.5 Å². The Morgan fingerprint density at radius 1 is 1.44 bits per heavy atom. The summed E-state index contributed by atoms with van der Waals surface area (Å²) in [5, 5.41) is 15.1. The number of phenols is 1. The van der Waals surface area contributed by atoms with E-state index < -0.39 is 0 Å². The fourth-order valence-corrected chi connectivity index (χ4v) is 3.00. The smallest absolute Gasteiger partial charge is 0.127 e. The Bertz CT molecular complexity index is 539. The molecule has 0 spiro atoms. The second kappa shape index (κ2) is 4.63. The minimum Gasteiger partial charge on any atom is -0.508 e. The summed E-state index contributed by atoms with van der Waals surface area (Å²) >= 11 is 1.75. The molecule has 2 heterocycles. The second-order valence-electron chi connectivity index (χ2n) is 4.49. The molecular weight excluding hydrogens is 246 g/mol. The Balaban J connectivity index is 1.77. The topological polar surface area (TPSA) is 41.5 Å². The number of fused-ring (bicyclic) bond motifs is 1. The van der Waals surface area contributed by atoms with Gasteiger partial charge in [0, 0.05) is 22.5 Å². The third-order valence-electron chi connectivity index (χ3n) is 3.20. The summed E-state index contributed by atoms with van der Waals surface area (Å²) in [6.07, 6.45) is 0. The number of hydrogen-bond donors (Lipinski definition) is 2. The van der Waals surface area contributed by atoms with Gasteiger partial charge in [0.25, 0.3) is 0 Å². The lowest BCUT2D eigenvalue weighted by Crippen LogP contribution is -2.25. The van der Waals surface area contributed by atoms with Crippen LogP contribution in [0, 0.1) is 0 Å². The summed E-state index contributed by atoms with van der Waals surface area (Å²) in [6, 6.07) is 10.0. The van der Waals surface area contributed by atoms with E-state index in [2.05, 4.69) is 29.8 Å². The molecule has 0 fully saturated rings. The Morgan fingerprint density at radius 2 is 2.33 bits per heavy atom. The van der Waals surface area contributed by atoms with Crippen molar-refractivity contribution in [1.82, 2.24) is 5.32 Å². The molecule has 3 rings (SSSR count). The van der Waals surface area contributed by atoms with Crippen LogP contribution in [0.25, 0.3) is 0 Å². The van der Waals surface area contributed by atoms with Crippen LogP contribution >= 0.6 is 11.3 Å². The van der Waals surface area contributed by atoms with Crippen LogP contribution in [0.4, 0.5) is 0 Å². The predicted octanol–water partition coefficient (Wildman–Crippen LogP) is 3.24. The van der Waals surface area contributed by atoms with Gasteiger partial charge in [0.15, 0.2) is 0 Å². The van der Waals surface area contributed by atoms with E-state index in [4.69, 9.17) is 4.74 Å². The van der Waals surface area contributed by atoms with E-state index in [0.717, 1.165) is 11.3 Å². The van der Waals surface area contributed by atoms with Crippen molar-refractivity contribution in [3.05, 3.63) is 46.2 Å². The van der Waals surface area contributed by atoms with Crippen LogP contribution in [0.1, 0.15) is 29.4 Å². The summed E-state index contributed by atoms with van der Waals surface area (Å²) in [7, 11) is 0. The highest BCUT2D eigenvalue weighted by atomic mass is 32.1.